The van der Waals surface area contributed by atoms with Crippen LogP contribution < -0.4 is 14.8 Å². The van der Waals surface area contributed by atoms with Crippen LogP contribution in [0.5, 0.6) is 11.5 Å². The lowest BCUT2D eigenvalue weighted by molar-refractivity contribution is -0.121. The fourth-order valence-corrected chi connectivity index (χ4v) is 2.44. The summed E-state index contributed by atoms with van der Waals surface area (Å²) >= 11 is 0. The smallest absolute Gasteiger partial charge is 0.231 e. The number of ether oxygens (including phenoxy) is 2. The van der Waals surface area contributed by atoms with Gasteiger partial charge in [-0.1, -0.05) is 18.2 Å². The Kier molecular flexibility index (Phi) is 4.76. The summed E-state index contributed by atoms with van der Waals surface area (Å²) in [5.74, 6) is 1.24. The molecule has 0 saturated carbocycles. The lowest BCUT2D eigenvalue weighted by Gasteiger charge is -2.06. The number of benzene rings is 2. The molecule has 2 aromatic rings. The molecule has 3 rings (SSSR count). The van der Waals surface area contributed by atoms with Crippen molar-refractivity contribution in [1.82, 2.24) is 5.32 Å². The molecule has 1 heterocycles. The maximum absolute atomic E-state index is 12.8. The molecule has 23 heavy (non-hydrogen) atoms. The molecule has 0 spiro atoms. The minimum absolute atomic E-state index is 0.00442. The molecule has 1 aliphatic heterocycles. The second-order valence-corrected chi connectivity index (χ2v) is 5.41. The summed E-state index contributed by atoms with van der Waals surface area (Å²) in [6.07, 6.45) is 1.76. The Morgan fingerprint density at radius 1 is 1.00 bits per heavy atom. The maximum atomic E-state index is 12.8. The van der Waals surface area contributed by atoms with Crippen molar-refractivity contribution in [2.45, 2.75) is 19.3 Å². The summed E-state index contributed by atoms with van der Waals surface area (Å²) in [4.78, 5) is 11.9. The van der Waals surface area contributed by atoms with E-state index in [-0.39, 0.29) is 18.5 Å². The molecule has 1 N–H and O–H groups in total. The zero-order valence-electron chi connectivity index (χ0n) is 12.7. The van der Waals surface area contributed by atoms with Crippen LogP contribution in [0.2, 0.25) is 0 Å². The first kappa shape index (κ1) is 15.3. The van der Waals surface area contributed by atoms with Crippen molar-refractivity contribution in [3.05, 3.63) is 59.4 Å². The van der Waals surface area contributed by atoms with E-state index in [1.807, 2.05) is 18.2 Å². The van der Waals surface area contributed by atoms with Crippen LogP contribution >= 0.6 is 0 Å². The normalized spacial score (nSPS) is 12.2. The van der Waals surface area contributed by atoms with Crippen LogP contribution in [0.1, 0.15) is 17.5 Å². The van der Waals surface area contributed by atoms with E-state index in [0.29, 0.717) is 25.8 Å². The monoisotopic (exact) mass is 315 g/mol. The van der Waals surface area contributed by atoms with E-state index in [1.165, 1.54) is 12.1 Å². The third kappa shape index (κ3) is 4.22. The zero-order chi connectivity index (χ0) is 16.1. The number of fused-ring (bicyclic) bond motifs is 1. The SMILES string of the molecule is O=C(CCc1ccc2c(c1)OCO2)NCCc1ccc(F)cc1. The van der Waals surface area contributed by atoms with Gasteiger partial charge in [0.25, 0.3) is 0 Å². The molecule has 0 saturated heterocycles. The number of nitrogens with one attached hydrogen (secondary N) is 1. The largest absolute Gasteiger partial charge is 0.454 e. The van der Waals surface area contributed by atoms with Crippen molar-refractivity contribution in [2.24, 2.45) is 0 Å². The van der Waals surface area contributed by atoms with Gasteiger partial charge >= 0.3 is 0 Å². The van der Waals surface area contributed by atoms with Gasteiger partial charge in [-0.3, -0.25) is 4.79 Å². The fraction of sp³-hybridized carbons (Fsp3) is 0.278. The molecule has 0 atom stereocenters. The summed E-state index contributed by atoms with van der Waals surface area (Å²) in [6.45, 7) is 0.800. The Morgan fingerprint density at radius 3 is 2.57 bits per heavy atom. The second kappa shape index (κ2) is 7.13. The maximum Gasteiger partial charge on any atom is 0.231 e. The molecular formula is C18H18FNO3. The Morgan fingerprint density at radius 2 is 1.74 bits per heavy atom. The molecule has 0 aliphatic carbocycles. The topological polar surface area (TPSA) is 47.6 Å². The molecule has 0 bridgehead atoms. The zero-order valence-corrected chi connectivity index (χ0v) is 12.7. The van der Waals surface area contributed by atoms with Crippen LogP contribution in [0.4, 0.5) is 4.39 Å². The van der Waals surface area contributed by atoms with Crippen LogP contribution in [-0.2, 0) is 17.6 Å². The van der Waals surface area contributed by atoms with E-state index >= 15 is 0 Å². The standard InChI is InChI=1S/C18H18FNO3/c19-15-5-1-13(2-6-15)9-10-20-18(21)8-4-14-3-7-16-17(11-14)23-12-22-16/h1-3,5-7,11H,4,8-10,12H2,(H,20,21). The molecule has 0 aromatic heterocycles. The van der Waals surface area contributed by atoms with E-state index in [0.717, 1.165) is 22.6 Å². The van der Waals surface area contributed by atoms with Crippen molar-refractivity contribution in [2.75, 3.05) is 13.3 Å². The Balaban J connectivity index is 1.40. The van der Waals surface area contributed by atoms with Gasteiger partial charge in [0.2, 0.25) is 12.7 Å². The number of hydrogen-bond donors (Lipinski definition) is 1. The van der Waals surface area contributed by atoms with Gasteiger partial charge in [0.15, 0.2) is 11.5 Å². The van der Waals surface area contributed by atoms with Crippen molar-refractivity contribution in [3.8, 4) is 11.5 Å². The Labute approximate surface area is 134 Å². The van der Waals surface area contributed by atoms with Crippen LogP contribution in [0.15, 0.2) is 42.5 Å². The Hall–Kier alpha value is -2.56. The molecule has 0 fully saturated rings. The predicted octanol–water partition coefficient (Wildman–Crippen LogP) is 2.85. The van der Waals surface area contributed by atoms with Gasteiger partial charge in [0.05, 0.1) is 0 Å². The average molecular weight is 315 g/mol. The first-order valence-electron chi connectivity index (χ1n) is 7.60. The van der Waals surface area contributed by atoms with Gasteiger partial charge < -0.3 is 14.8 Å². The van der Waals surface area contributed by atoms with Gasteiger partial charge in [-0.25, -0.2) is 4.39 Å². The predicted molar refractivity (Wildman–Crippen MR) is 84.0 cm³/mol. The van der Waals surface area contributed by atoms with Crippen molar-refractivity contribution in [3.63, 3.8) is 0 Å². The summed E-state index contributed by atoms with van der Waals surface area (Å²) < 4.78 is 23.4. The van der Waals surface area contributed by atoms with Crippen molar-refractivity contribution in [1.29, 1.82) is 0 Å². The van der Waals surface area contributed by atoms with E-state index in [9.17, 15) is 9.18 Å². The second-order valence-electron chi connectivity index (χ2n) is 5.41. The minimum atomic E-state index is -0.249. The van der Waals surface area contributed by atoms with Gasteiger partial charge in [-0.2, -0.15) is 0 Å². The number of carbonyl (C=O) groups is 1. The first-order valence-corrected chi connectivity index (χ1v) is 7.60. The minimum Gasteiger partial charge on any atom is -0.454 e. The highest BCUT2D eigenvalue weighted by Crippen LogP contribution is 2.32. The quantitative estimate of drug-likeness (QED) is 0.892. The third-order valence-electron chi connectivity index (χ3n) is 3.73. The molecule has 4 nitrogen and oxygen atoms in total. The van der Waals surface area contributed by atoms with Gasteiger partial charge in [-0.05, 0) is 48.2 Å². The average Bonchev–Trinajstić information content (AvgIpc) is 3.02. The number of carbonyl (C=O) groups excluding carboxylic acids is 1. The number of aryl methyl sites for hydroxylation is 1. The summed E-state index contributed by atoms with van der Waals surface area (Å²) in [5.41, 5.74) is 2.05. The number of rotatable bonds is 6. The number of hydrogen-bond acceptors (Lipinski definition) is 3. The van der Waals surface area contributed by atoms with Gasteiger partial charge in [-0.15, -0.1) is 0 Å². The lowest BCUT2D eigenvalue weighted by atomic mass is 10.1. The molecule has 0 radical (unpaired) electrons. The van der Waals surface area contributed by atoms with Crippen LogP contribution in [0.25, 0.3) is 0 Å². The number of amides is 1. The molecular weight excluding hydrogens is 297 g/mol. The van der Waals surface area contributed by atoms with Crippen molar-refractivity contribution < 1.29 is 18.7 Å². The molecule has 1 aliphatic rings. The van der Waals surface area contributed by atoms with Gasteiger partial charge in [0, 0.05) is 13.0 Å². The first-order chi connectivity index (χ1) is 11.2. The molecule has 0 unspecified atom stereocenters. The molecule has 120 valence electrons. The van der Waals surface area contributed by atoms with Gasteiger partial charge in [0.1, 0.15) is 5.82 Å². The molecule has 1 amide bonds. The molecule has 5 heteroatoms. The summed E-state index contributed by atoms with van der Waals surface area (Å²) in [7, 11) is 0. The molecule has 2 aromatic carbocycles. The van der Waals surface area contributed by atoms with Crippen LogP contribution in [-0.4, -0.2) is 19.2 Å². The highest BCUT2D eigenvalue weighted by atomic mass is 19.1. The van der Waals surface area contributed by atoms with E-state index < -0.39 is 0 Å². The summed E-state index contributed by atoms with van der Waals surface area (Å²) in [5, 5.41) is 2.88. The van der Waals surface area contributed by atoms with Crippen LogP contribution in [0, 0.1) is 5.82 Å². The highest BCUT2D eigenvalue weighted by molar-refractivity contribution is 5.76. The van der Waals surface area contributed by atoms with E-state index in [4.69, 9.17) is 9.47 Å². The number of halogens is 1. The third-order valence-corrected chi connectivity index (χ3v) is 3.73. The lowest BCUT2D eigenvalue weighted by Crippen LogP contribution is -2.25. The van der Waals surface area contributed by atoms with Crippen LogP contribution in [0.3, 0.4) is 0 Å². The van der Waals surface area contributed by atoms with Crippen molar-refractivity contribution >= 4 is 5.91 Å². The highest BCUT2D eigenvalue weighted by Gasteiger charge is 2.13. The van der Waals surface area contributed by atoms with E-state index in [1.54, 1.807) is 12.1 Å². The Bertz CT molecular complexity index is 685. The summed E-state index contributed by atoms with van der Waals surface area (Å²) in [6, 6.07) is 12.0. The van der Waals surface area contributed by atoms with E-state index in [2.05, 4.69) is 5.32 Å². The fourth-order valence-electron chi connectivity index (χ4n) is 2.44.